The van der Waals surface area contributed by atoms with Gasteiger partial charge in [0.2, 0.25) is 5.91 Å². The lowest BCUT2D eigenvalue weighted by molar-refractivity contribution is -0.139. The summed E-state index contributed by atoms with van der Waals surface area (Å²) in [5, 5.41) is 3.73. The van der Waals surface area contributed by atoms with E-state index in [0.29, 0.717) is 44.2 Å². The monoisotopic (exact) mass is 317 g/mol. The number of methoxy groups -OCH3 is 1. The average molecular weight is 317 g/mol. The van der Waals surface area contributed by atoms with Crippen molar-refractivity contribution in [2.75, 3.05) is 26.8 Å². The number of morpholine rings is 1. The van der Waals surface area contributed by atoms with Gasteiger partial charge < -0.3 is 18.9 Å². The van der Waals surface area contributed by atoms with Gasteiger partial charge in [0.25, 0.3) is 5.88 Å². The van der Waals surface area contributed by atoms with Crippen LogP contribution in [0.25, 0.3) is 0 Å². The van der Waals surface area contributed by atoms with Gasteiger partial charge in [-0.25, -0.2) is 0 Å². The van der Waals surface area contributed by atoms with Gasteiger partial charge in [-0.2, -0.15) is 0 Å². The van der Waals surface area contributed by atoms with Crippen molar-refractivity contribution in [1.29, 1.82) is 0 Å². The Morgan fingerprint density at radius 3 is 3.00 bits per heavy atom. The highest BCUT2D eigenvalue weighted by molar-refractivity contribution is 5.76. The van der Waals surface area contributed by atoms with Crippen molar-refractivity contribution in [3.63, 3.8) is 0 Å². The first-order valence-electron chi connectivity index (χ1n) is 7.55. The molecule has 2 aromatic rings. The number of pyridine rings is 1. The van der Waals surface area contributed by atoms with Crippen LogP contribution in [0.2, 0.25) is 0 Å². The molecule has 7 nitrogen and oxygen atoms in total. The van der Waals surface area contributed by atoms with Crippen LogP contribution in [0.5, 0.6) is 5.88 Å². The fraction of sp³-hybridized carbons (Fsp3) is 0.438. The van der Waals surface area contributed by atoms with Crippen LogP contribution in [0.3, 0.4) is 0 Å². The van der Waals surface area contributed by atoms with Crippen LogP contribution in [-0.4, -0.2) is 47.8 Å². The molecule has 7 heteroatoms. The molecular weight excluding hydrogens is 298 g/mol. The Morgan fingerprint density at radius 1 is 1.43 bits per heavy atom. The molecule has 0 unspecified atom stereocenters. The summed E-state index contributed by atoms with van der Waals surface area (Å²) in [6, 6.07) is 5.53. The smallest absolute Gasteiger partial charge is 0.254 e. The fourth-order valence-electron chi connectivity index (χ4n) is 2.55. The summed E-state index contributed by atoms with van der Waals surface area (Å²) < 4.78 is 15.8. The van der Waals surface area contributed by atoms with Crippen LogP contribution in [0, 0.1) is 0 Å². The molecule has 122 valence electrons. The third-order valence-corrected chi connectivity index (χ3v) is 3.83. The van der Waals surface area contributed by atoms with Gasteiger partial charge in [0, 0.05) is 37.8 Å². The molecule has 1 saturated heterocycles. The SMILES string of the molecule is COc1cc(CCC(=O)N2CCO[C@@H](c3ccncc3)C2)on1. The molecule has 0 spiro atoms. The highest BCUT2D eigenvalue weighted by Crippen LogP contribution is 2.22. The minimum absolute atomic E-state index is 0.0859. The highest BCUT2D eigenvalue weighted by Gasteiger charge is 2.25. The van der Waals surface area contributed by atoms with Crippen molar-refractivity contribution < 1.29 is 18.8 Å². The van der Waals surface area contributed by atoms with E-state index in [2.05, 4.69) is 10.1 Å². The first-order valence-corrected chi connectivity index (χ1v) is 7.55. The van der Waals surface area contributed by atoms with Crippen LogP contribution in [0.1, 0.15) is 23.8 Å². The molecule has 2 aromatic heterocycles. The summed E-state index contributed by atoms with van der Waals surface area (Å²) in [5.74, 6) is 1.16. The van der Waals surface area contributed by atoms with Crippen LogP contribution in [0.4, 0.5) is 0 Å². The van der Waals surface area contributed by atoms with E-state index in [1.54, 1.807) is 18.5 Å². The van der Waals surface area contributed by atoms with Crippen molar-refractivity contribution in [2.45, 2.75) is 18.9 Å². The van der Waals surface area contributed by atoms with E-state index < -0.39 is 0 Å². The number of nitrogens with zero attached hydrogens (tertiary/aromatic N) is 3. The van der Waals surface area contributed by atoms with Gasteiger partial charge in [0.15, 0.2) is 0 Å². The Labute approximate surface area is 134 Å². The standard InChI is InChI=1S/C16H19N3O4/c1-21-15-10-13(23-18-15)2-3-16(20)19-8-9-22-14(11-19)12-4-6-17-7-5-12/h4-7,10,14H,2-3,8-9,11H2,1H3/t14-/m1/s1. The quantitative estimate of drug-likeness (QED) is 0.834. The number of amides is 1. The zero-order valence-electron chi connectivity index (χ0n) is 13.0. The lowest BCUT2D eigenvalue weighted by atomic mass is 10.1. The average Bonchev–Trinajstić information content (AvgIpc) is 3.09. The number of ether oxygens (including phenoxy) is 2. The first kappa shape index (κ1) is 15.5. The van der Waals surface area contributed by atoms with Crippen LogP contribution < -0.4 is 4.74 Å². The van der Waals surface area contributed by atoms with Gasteiger partial charge in [-0.15, -0.1) is 0 Å². The Morgan fingerprint density at radius 2 is 2.26 bits per heavy atom. The molecule has 1 atom stereocenters. The van der Waals surface area contributed by atoms with Crippen molar-refractivity contribution in [3.8, 4) is 5.88 Å². The minimum Gasteiger partial charge on any atom is -0.479 e. The second-order valence-electron chi connectivity index (χ2n) is 5.32. The predicted molar refractivity (Wildman–Crippen MR) is 80.9 cm³/mol. The van der Waals surface area contributed by atoms with Gasteiger partial charge in [-0.3, -0.25) is 9.78 Å². The van der Waals surface area contributed by atoms with E-state index in [9.17, 15) is 4.79 Å². The summed E-state index contributed by atoms with van der Waals surface area (Å²) in [6.07, 6.45) is 4.25. The van der Waals surface area contributed by atoms with Crippen molar-refractivity contribution >= 4 is 5.91 Å². The van der Waals surface area contributed by atoms with Crippen molar-refractivity contribution in [2.24, 2.45) is 0 Å². The first-order chi connectivity index (χ1) is 11.3. The molecule has 0 N–H and O–H groups in total. The largest absolute Gasteiger partial charge is 0.479 e. The second kappa shape index (κ2) is 7.23. The molecule has 0 bridgehead atoms. The summed E-state index contributed by atoms with van der Waals surface area (Å²) in [4.78, 5) is 18.2. The molecule has 0 aromatic carbocycles. The third-order valence-electron chi connectivity index (χ3n) is 3.83. The van der Waals surface area contributed by atoms with E-state index in [-0.39, 0.29) is 12.0 Å². The molecule has 1 fully saturated rings. The van der Waals surface area contributed by atoms with Crippen LogP contribution >= 0.6 is 0 Å². The maximum Gasteiger partial charge on any atom is 0.254 e. The lowest BCUT2D eigenvalue weighted by Crippen LogP contribution is -2.42. The van der Waals surface area contributed by atoms with E-state index in [1.807, 2.05) is 17.0 Å². The normalized spacial score (nSPS) is 18.0. The number of aryl methyl sites for hydroxylation is 1. The van der Waals surface area contributed by atoms with Crippen LogP contribution in [-0.2, 0) is 16.0 Å². The Kier molecular flexibility index (Phi) is 4.87. The highest BCUT2D eigenvalue weighted by atomic mass is 16.5. The predicted octanol–water partition coefficient (Wildman–Crippen LogP) is 1.61. The number of rotatable bonds is 5. The lowest BCUT2D eigenvalue weighted by Gasteiger charge is -2.33. The summed E-state index contributed by atoms with van der Waals surface area (Å²) in [6.45, 7) is 1.71. The molecule has 1 aliphatic rings. The number of aromatic nitrogens is 2. The number of hydrogen-bond donors (Lipinski definition) is 0. The van der Waals surface area contributed by atoms with Gasteiger partial charge >= 0.3 is 0 Å². The summed E-state index contributed by atoms with van der Waals surface area (Å²) in [5.41, 5.74) is 1.04. The van der Waals surface area contributed by atoms with Gasteiger partial charge in [0.05, 0.1) is 20.3 Å². The van der Waals surface area contributed by atoms with E-state index >= 15 is 0 Å². The third kappa shape index (κ3) is 3.87. The van der Waals surface area contributed by atoms with Crippen molar-refractivity contribution in [3.05, 3.63) is 41.9 Å². The molecule has 23 heavy (non-hydrogen) atoms. The molecular formula is C16H19N3O4. The summed E-state index contributed by atoms with van der Waals surface area (Å²) >= 11 is 0. The van der Waals surface area contributed by atoms with Gasteiger partial charge in [-0.1, -0.05) is 0 Å². The molecule has 0 saturated carbocycles. The number of hydrogen-bond acceptors (Lipinski definition) is 6. The second-order valence-corrected chi connectivity index (χ2v) is 5.32. The Bertz CT molecular complexity index is 644. The fourth-order valence-corrected chi connectivity index (χ4v) is 2.55. The van der Waals surface area contributed by atoms with Crippen LogP contribution in [0.15, 0.2) is 35.1 Å². The maximum absolute atomic E-state index is 12.4. The molecule has 3 rings (SSSR count). The maximum atomic E-state index is 12.4. The molecule has 0 aliphatic carbocycles. The van der Waals surface area contributed by atoms with Gasteiger partial charge in [0.1, 0.15) is 11.9 Å². The van der Waals surface area contributed by atoms with Crippen molar-refractivity contribution in [1.82, 2.24) is 15.0 Å². The van der Waals surface area contributed by atoms with E-state index in [4.69, 9.17) is 14.0 Å². The number of carbonyl (C=O) groups excluding carboxylic acids is 1. The Hall–Kier alpha value is -2.41. The molecule has 1 amide bonds. The topological polar surface area (TPSA) is 77.7 Å². The zero-order chi connectivity index (χ0) is 16.1. The molecule has 0 radical (unpaired) electrons. The molecule has 3 heterocycles. The van der Waals surface area contributed by atoms with E-state index in [1.165, 1.54) is 7.11 Å². The number of carbonyl (C=O) groups is 1. The van der Waals surface area contributed by atoms with Gasteiger partial charge in [-0.05, 0) is 22.9 Å². The van der Waals surface area contributed by atoms with E-state index in [0.717, 1.165) is 5.56 Å². The molecule has 1 aliphatic heterocycles. The minimum atomic E-state index is -0.0962. The zero-order valence-corrected chi connectivity index (χ0v) is 13.0. The Balaban J connectivity index is 1.54. The summed E-state index contributed by atoms with van der Waals surface area (Å²) in [7, 11) is 1.53.